The van der Waals surface area contributed by atoms with Crippen molar-refractivity contribution in [1.29, 1.82) is 0 Å². The molecule has 0 bridgehead atoms. The molecular weight excluding hydrogens is 305 g/mol. The Morgan fingerprint density at radius 3 is 2.29 bits per heavy atom. The van der Waals surface area contributed by atoms with Gasteiger partial charge in [0, 0.05) is 17.8 Å². The van der Waals surface area contributed by atoms with Crippen LogP contribution in [0, 0.1) is 6.92 Å². The number of nitrogens with zero attached hydrogens (tertiary/aromatic N) is 1. The number of rotatable bonds is 5. The molecule has 0 unspecified atom stereocenters. The standard InChI is InChI=1S/C17H17Cl2NO/c1-3-20(14-7-4-12(2)5-8-14)11-17(21)13-6-9-15(18)16(19)10-13/h4-10H,3,11H2,1-2H3. The Kier molecular flexibility index (Phi) is 5.27. The highest BCUT2D eigenvalue weighted by Crippen LogP contribution is 2.23. The van der Waals surface area contributed by atoms with E-state index in [4.69, 9.17) is 23.2 Å². The molecule has 0 amide bonds. The zero-order valence-electron chi connectivity index (χ0n) is 12.1. The van der Waals surface area contributed by atoms with Crippen molar-refractivity contribution in [1.82, 2.24) is 0 Å². The largest absolute Gasteiger partial charge is 0.364 e. The molecule has 0 aliphatic rings. The number of likely N-dealkylation sites (N-methyl/N-ethyl adjacent to an activating group) is 1. The molecular formula is C17H17Cl2NO. The fraction of sp³-hybridized carbons (Fsp3) is 0.235. The minimum absolute atomic E-state index is 0.0241. The van der Waals surface area contributed by atoms with Gasteiger partial charge in [-0.1, -0.05) is 40.9 Å². The van der Waals surface area contributed by atoms with Crippen molar-refractivity contribution in [3.8, 4) is 0 Å². The van der Waals surface area contributed by atoms with Crippen molar-refractivity contribution < 1.29 is 4.79 Å². The highest BCUT2D eigenvalue weighted by atomic mass is 35.5. The summed E-state index contributed by atoms with van der Waals surface area (Å²) in [6.07, 6.45) is 0. The van der Waals surface area contributed by atoms with E-state index in [1.165, 1.54) is 5.56 Å². The number of aryl methyl sites for hydroxylation is 1. The summed E-state index contributed by atoms with van der Waals surface area (Å²) in [4.78, 5) is 14.4. The van der Waals surface area contributed by atoms with Gasteiger partial charge in [-0.15, -0.1) is 0 Å². The summed E-state index contributed by atoms with van der Waals surface area (Å²) in [6, 6.07) is 13.1. The van der Waals surface area contributed by atoms with Gasteiger partial charge in [-0.25, -0.2) is 0 Å². The van der Waals surface area contributed by atoms with Gasteiger partial charge in [0.05, 0.1) is 16.6 Å². The van der Waals surface area contributed by atoms with Crippen LogP contribution in [-0.2, 0) is 0 Å². The highest BCUT2D eigenvalue weighted by molar-refractivity contribution is 6.42. The minimum atomic E-state index is 0.0241. The van der Waals surface area contributed by atoms with Gasteiger partial charge in [0.1, 0.15) is 0 Å². The maximum absolute atomic E-state index is 12.4. The number of anilines is 1. The SMILES string of the molecule is CCN(CC(=O)c1ccc(Cl)c(Cl)c1)c1ccc(C)cc1. The summed E-state index contributed by atoms with van der Waals surface area (Å²) in [5.41, 5.74) is 2.82. The molecule has 2 rings (SSSR count). The molecule has 110 valence electrons. The summed E-state index contributed by atoms with van der Waals surface area (Å²) in [6.45, 7) is 5.15. The normalized spacial score (nSPS) is 10.5. The summed E-state index contributed by atoms with van der Waals surface area (Å²) >= 11 is 11.8. The second-order valence-electron chi connectivity index (χ2n) is 4.90. The van der Waals surface area contributed by atoms with Crippen molar-refractivity contribution in [2.24, 2.45) is 0 Å². The Labute approximate surface area is 135 Å². The van der Waals surface area contributed by atoms with Gasteiger partial charge < -0.3 is 4.90 Å². The third-order valence-electron chi connectivity index (χ3n) is 3.36. The van der Waals surface area contributed by atoms with Gasteiger partial charge in [0.2, 0.25) is 0 Å². The van der Waals surface area contributed by atoms with Crippen LogP contribution in [0.25, 0.3) is 0 Å². The van der Waals surface area contributed by atoms with E-state index in [1.807, 2.05) is 43.0 Å². The van der Waals surface area contributed by atoms with E-state index < -0.39 is 0 Å². The monoisotopic (exact) mass is 321 g/mol. The number of halogens is 2. The number of ketones is 1. The Morgan fingerprint density at radius 1 is 1.05 bits per heavy atom. The topological polar surface area (TPSA) is 20.3 Å². The minimum Gasteiger partial charge on any atom is -0.364 e. The van der Waals surface area contributed by atoms with Crippen molar-refractivity contribution >= 4 is 34.7 Å². The van der Waals surface area contributed by atoms with E-state index in [-0.39, 0.29) is 5.78 Å². The Hall–Kier alpha value is -1.51. The summed E-state index contributed by atoms with van der Waals surface area (Å²) in [7, 11) is 0. The number of carbonyl (C=O) groups is 1. The van der Waals surface area contributed by atoms with Crippen molar-refractivity contribution in [2.75, 3.05) is 18.0 Å². The summed E-state index contributed by atoms with van der Waals surface area (Å²) in [5.74, 6) is 0.0241. The van der Waals surface area contributed by atoms with Crippen LogP contribution in [-0.4, -0.2) is 18.9 Å². The number of hydrogen-bond donors (Lipinski definition) is 0. The molecule has 0 radical (unpaired) electrons. The molecule has 0 N–H and O–H groups in total. The number of Topliss-reactive ketones (excluding diaryl/α,β-unsaturated/α-hetero) is 1. The van der Waals surface area contributed by atoms with E-state index in [1.54, 1.807) is 18.2 Å². The third-order valence-corrected chi connectivity index (χ3v) is 4.10. The first kappa shape index (κ1) is 15.9. The molecule has 0 saturated carbocycles. The van der Waals surface area contributed by atoms with Crippen LogP contribution in [0.5, 0.6) is 0 Å². The van der Waals surface area contributed by atoms with E-state index in [0.717, 1.165) is 12.2 Å². The molecule has 0 aliphatic heterocycles. The summed E-state index contributed by atoms with van der Waals surface area (Å²) in [5, 5.41) is 0.861. The lowest BCUT2D eigenvalue weighted by Crippen LogP contribution is -2.29. The van der Waals surface area contributed by atoms with Crippen LogP contribution < -0.4 is 4.90 Å². The van der Waals surface area contributed by atoms with E-state index in [2.05, 4.69) is 0 Å². The first-order valence-electron chi connectivity index (χ1n) is 6.81. The predicted octanol–water partition coefficient (Wildman–Crippen LogP) is 5.01. The molecule has 4 heteroatoms. The van der Waals surface area contributed by atoms with Gasteiger partial charge >= 0.3 is 0 Å². The first-order chi connectivity index (χ1) is 10.0. The molecule has 0 spiro atoms. The van der Waals surface area contributed by atoms with Gasteiger partial charge in [0.25, 0.3) is 0 Å². The van der Waals surface area contributed by atoms with Crippen molar-refractivity contribution in [3.05, 3.63) is 63.6 Å². The van der Waals surface area contributed by atoms with Gasteiger partial charge in [-0.05, 0) is 44.2 Å². The fourth-order valence-corrected chi connectivity index (χ4v) is 2.37. The number of carbonyl (C=O) groups excluding carboxylic acids is 1. The second kappa shape index (κ2) is 6.97. The fourth-order valence-electron chi connectivity index (χ4n) is 2.08. The Balaban J connectivity index is 2.15. The Morgan fingerprint density at radius 2 is 1.71 bits per heavy atom. The van der Waals surface area contributed by atoms with Gasteiger partial charge in [-0.3, -0.25) is 4.79 Å². The molecule has 0 heterocycles. The predicted molar refractivity (Wildman–Crippen MR) is 89.9 cm³/mol. The average molecular weight is 322 g/mol. The third kappa shape index (κ3) is 3.99. The lowest BCUT2D eigenvalue weighted by molar-refractivity contribution is 0.0999. The van der Waals surface area contributed by atoms with Gasteiger partial charge in [-0.2, -0.15) is 0 Å². The molecule has 0 aromatic heterocycles. The Bertz CT molecular complexity index is 638. The van der Waals surface area contributed by atoms with Crippen LogP contribution in [0.3, 0.4) is 0 Å². The van der Waals surface area contributed by atoms with Crippen molar-refractivity contribution in [2.45, 2.75) is 13.8 Å². The average Bonchev–Trinajstić information content (AvgIpc) is 2.48. The zero-order valence-corrected chi connectivity index (χ0v) is 13.6. The van der Waals surface area contributed by atoms with Gasteiger partial charge in [0.15, 0.2) is 5.78 Å². The maximum Gasteiger partial charge on any atom is 0.182 e. The molecule has 0 aliphatic carbocycles. The molecule has 0 atom stereocenters. The lowest BCUT2D eigenvalue weighted by Gasteiger charge is -2.22. The number of benzene rings is 2. The molecule has 0 fully saturated rings. The quantitative estimate of drug-likeness (QED) is 0.721. The lowest BCUT2D eigenvalue weighted by atomic mass is 10.1. The van der Waals surface area contributed by atoms with Crippen LogP contribution in [0.1, 0.15) is 22.8 Å². The molecule has 2 aromatic carbocycles. The summed E-state index contributed by atoms with van der Waals surface area (Å²) < 4.78 is 0. The van der Waals surface area contributed by atoms with E-state index in [0.29, 0.717) is 22.2 Å². The van der Waals surface area contributed by atoms with E-state index in [9.17, 15) is 4.79 Å². The highest BCUT2D eigenvalue weighted by Gasteiger charge is 2.13. The van der Waals surface area contributed by atoms with E-state index >= 15 is 0 Å². The van der Waals surface area contributed by atoms with Crippen LogP contribution in [0.4, 0.5) is 5.69 Å². The first-order valence-corrected chi connectivity index (χ1v) is 7.56. The molecule has 2 nitrogen and oxygen atoms in total. The van der Waals surface area contributed by atoms with Crippen molar-refractivity contribution in [3.63, 3.8) is 0 Å². The van der Waals surface area contributed by atoms with Crippen LogP contribution in [0.2, 0.25) is 10.0 Å². The smallest absolute Gasteiger partial charge is 0.182 e. The van der Waals surface area contributed by atoms with Crippen LogP contribution >= 0.6 is 23.2 Å². The van der Waals surface area contributed by atoms with Crippen LogP contribution in [0.15, 0.2) is 42.5 Å². The second-order valence-corrected chi connectivity index (χ2v) is 5.72. The molecule has 2 aromatic rings. The zero-order chi connectivity index (χ0) is 15.4. The number of hydrogen-bond acceptors (Lipinski definition) is 2. The molecule has 0 saturated heterocycles. The maximum atomic E-state index is 12.4. The molecule has 21 heavy (non-hydrogen) atoms.